The van der Waals surface area contributed by atoms with E-state index in [9.17, 15) is 18.0 Å². The van der Waals surface area contributed by atoms with Crippen molar-refractivity contribution in [2.24, 2.45) is 0 Å². The Morgan fingerprint density at radius 2 is 1.88 bits per heavy atom. The third-order valence-corrected chi connectivity index (χ3v) is 3.40. The number of halogens is 4. The number of amides is 1. The Morgan fingerprint density at radius 1 is 1.21 bits per heavy atom. The van der Waals surface area contributed by atoms with Gasteiger partial charge in [-0.25, -0.2) is 0 Å². The van der Waals surface area contributed by atoms with Crippen molar-refractivity contribution in [3.05, 3.63) is 35.4 Å². The average Bonchev–Trinajstić information content (AvgIpc) is 2.50. The minimum atomic E-state index is -4.41. The summed E-state index contributed by atoms with van der Waals surface area (Å²) in [6.07, 6.45) is -4.39. The molecule has 0 saturated heterocycles. The number of methoxy groups -OCH3 is 1. The van der Waals surface area contributed by atoms with Crippen molar-refractivity contribution in [2.75, 3.05) is 33.4 Å². The van der Waals surface area contributed by atoms with Gasteiger partial charge < -0.3 is 15.4 Å². The SMILES string of the molecule is COCCNCCNC(=O)CC(C)c1ccccc1C(F)(F)F.Cl. The molecule has 1 rings (SSSR count). The van der Waals surface area contributed by atoms with Crippen molar-refractivity contribution in [2.45, 2.75) is 25.4 Å². The first kappa shape index (κ1) is 22.7. The lowest BCUT2D eigenvalue weighted by molar-refractivity contribution is -0.138. The van der Waals surface area contributed by atoms with Crippen LogP contribution in [0.4, 0.5) is 13.2 Å². The molecule has 8 heteroatoms. The molecule has 0 heterocycles. The predicted octanol–water partition coefficient (Wildman–Crippen LogP) is 2.97. The highest BCUT2D eigenvalue weighted by atomic mass is 35.5. The minimum absolute atomic E-state index is 0. The molecule has 0 saturated carbocycles. The third kappa shape index (κ3) is 7.99. The molecule has 138 valence electrons. The van der Waals surface area contributed by atoms with Crippen LogP contribution in [0.25, 0.3) is 0 Å². The molecule has 0 aliphatic rings. The number of nitrogens with one attached hydrogen (secondary N) is 2. The second-order valence-corrected chi connectivity index (χ2v) is 5.28. The second kappa shape index (κ2) is 11.3. The first-order chi connectivity index (χ1) is 10.9. The molecule has 1 amide bonds. The Kier molecular flexibility index (Phi) is 10.7. The van der Waals surface area contributed by atoms with E-state index in [1.807, 2.05) is 0 Å². The molecule has 0 spiro atoms. The largest absolute Gasteiger partial charge is 0.416 e. The topological polar surface area (TPSA) is 50.4 Å². The van der Waals surface area contributed by atoms with Gasteiger partial charge in [-0.2, -0.15) is 13.2 Å². The van der Waals surface area contributed by atoms with E-state index >= 15 is 0 Å². The zero-order chi connectivity index (χ0) is 17.3. The van der Waals surface area contributed by atoms with Crippen LogP contribution < -0.4 is 10.6 Å². The van der Waals surface area contributed by atoms with Crippen LogP contribution in [0.5, 0.6) is 0 Å². The van der Waals surface area contributed by atoms with Gasteiger partial charge in [-0.3, -0.25) is 4.79 Å². The van der Waals surface area contributed by atoms with Crippen LogP contribution in [0, 0.1) is 0 Å². The van der Waals surface area contributed by atoms with Crippen molar-refractivity contribution in [3.63, 3.8) is 0 Å². The molecular weight excluding hydrogens is 345 g/mol. The molecule has 1 unspecified atom stereocenters. The van der Waals surface area contributed by atoms with E-state index in [0.717, 1.165) is 6.07 Å². The Labute approximate surface area is 146 Å². The van der Waals surface area contributed by atoms with E-state index in [-0.39, 0.29) is 30.3 Å². The maximum Gasteiger partial charge on any atom is 0.416 e. The molecule has 4 nitrogen and oxygen atoms in total. The number of benzene rings is 1. The molecule has 2 N–H and O–H groups in total. The Balaban J connectivity index is 0.00000529. The van der Waals surface area contributed by atoms with Crippen LogP contribution in [0.2, 0.25) is 0 Å². The smallest absolute Gasteiger partial charge is 0.383 e. The van der Waals surface area contributed by atoms with Crippen molar-refractivity contribution < 1.29 is 22.7 Å². The fraction of sp³-hybridized carbons (Fsp3) is 0.562. The maximum absolute atomic E-state index is 13.0. The monoisotopic (exact) mass is 368 g/mol. The number of hydrogen-bond acceptors (Lipinski definition) is 3. The van der Waals surface area contributed by atoms with Crippen LogP contribution in [0.3, 0.4) is 0 Å². The van der Waals surface area contributed by atoms with Gasteiger partial charge in [0.15, 0.2) is 0 Å². The number of carbonyl (C=O) groups excluding carboxylic acids is 1. The van der Waals surface area contributed by atoms with Gasteiger partial charge in [0, 0.05) is 33.2 Å². The highest BCUT2D eigenvalue weighted by molar-refractivity contribution is 5.85. The molecule has 24 heavy (non-hydrogen) atoms. The van der Waals surface area contributed by atoms with Crippen LogP contribution in [-0.4, -0.2) is 39.3 Å². The van der Waals surface area contributed by atoms with E-state index in [1.54, 1.807) is 20.1 Å². The molecule has 0 fully saturated rings. The standard InChI is InChI=1S/C16H23F3N2O2.ClH/c1-12(11-15(22)21-8-7-20-9-10-23-2)13-5-3-4-6-14(13)16(17,18)19;/h3-6,12,20H,7-11H2,1-2H3,(H,21,22);1H. The predicted molar refractivity (Wildman–Crippen MR) is 89.5 cm³/mol. The molecule has 1 aromatic rings. The van der Waals surface area contributed by atoms with E-state index in [4.69, 9.17) is 4.74 Å². The minimum Gasteiger partial charge on any atom is -0.383 e. The maximum atomic E-state index is 13.0. The summed E-state index contributed by atoms with van der Waals surface area (Å²) in [6, 6.07) is 5.38. The fourth-order valence-corrected chi connectivity index (χ4v) is 2.23. The summed E-state index contributed by atoms with van der Waals surface area (Å²) in [5.74, 6) is -0.766. The third-order valence-electron chi connectivity index (χ3n) is 3.40. The lowest BCUT2D eigenvalue weighted by atomic mass is 9.92. The zero-order valence-corrected chi connectivity index (χ0v) is 14.6. The Hall–Kier alpha value is -1.31. The van der Waals surface area contributed by atoms with Crippen LogP contribution in [0.1, 0.15) is 30.4 Å². The van der Waals surface area contributed by atoms with E-state index in [2.05, 4.69) is 10.6 Å². The van der Waals surface area contributed by atoms with Crippen molar-refractivity contribution in [3.8, 4) is 0 Å². The highest BCUT2D eigenvalue weighted by Crippen LogP contribution is 2.35. The quantitative estimate of drug-likeness (QED) is 0.659. The van der Waals surface area contributed by atoms with Gasteiger partial charge in [0.25, 0.3) is 0 Å². The van der Waals surface area contributed by atoms with Crippen LogP contribution in [-0.2, 0) is 15.7 Å². The molecule has 0 aliphatic heterocycles. The molecule has 0 radical (unpaired) electrons. The summed E-state index contributed by atoms with van der Waals surface area (Å²) in [5.41, 5.74) is -0.532. The Morgan fingerprint density at radius 3 is 2.50 bits per heavy atom. The highest BCUT2D eigenvalue weighted by Gasteiger charge is 2.34. The van der Waals surface area contributed by atoms with Crippen LogP contribution in [0.15, 0.2) is 24.3 Å². The van der Waals surface area contributed by atoms with Gasteiger partial charge in [0.1, 0.15) is 0 Å². The van der Waals surface area contributed by atoms with Gasteiger partial charge in [0.05, 0.1) is 12.2 Å². The van der Waals surface area contributed by atoms with Crippen molar-refractivity contribution >= 4 is 18.3 Å². The lowest BCUT2D eigenvalue weighted by Gasteiger charge is -2.18. The van der Waals surface area contributed by atoms with Crippen molar-refractivity contribution in [1.29, 1.82) is 0 Å². The van der Waals surface area contributed by atoms with Gasteiger partial charge >= 0.3 is 6.18 Å². The molecule has 0 aliphatic carbocycles. The van der Waals surface area contributed by atoms with Gasteiger partial charge in [-0.15, -0.1) is 12.4 Å². The second-order valence-electron chi connectivity index (χ2n) is 5.28. The summed E-state index contributed by atoms with van der Waals surface area (Å²) in [4.78, 5) is 11.8. The summed E-state index contributed by atoms with van der Waals surface area (Å²) < 4.78 is 43.8. The Bertz CT molecular complexity index is 498. The summed E-state index contributed by atoms with van der Waals surface area (Å²) in [7, 11) is 1.60. The average molecular weight is 369 g/mol. The summed E-state index contributed by atoms with van der Waals surface area (Å²) in [5, 5.41) is 5.76. The normalized spacial score (nSPS) is 12.4. The summed E-state index contributed by atoms with van der Waals surface area (Å²) >= 11 is 0. The number of ether oxygens (including phenoxy) is 1. The molecule has 0 bridgehead atoms. The number of rotatable bonds is 9. The molecular formula is C16H24ClF3N2O2. The number of carbonyl (C=O) groups is 1. The van der Waals surface area contributed by atoms with Gasteiger partial charge in [-0.1, -0.05) is 25.1 Å². The summed E-state index contributed by atoms with van der Waals surface area (Å²) in [6.45, 7) is 3.90. The fourth-order valence-electron chi connectivity index (χ4n) is 2.23. The first-order valence-corrected chi connectivity index (χ1v) is 7.48. The first-order valence-electron chi connectivity index (χ1n) is 7.48. The zero-order valence-electron chi connectivity index (χ0n) is 13.8. The van der Waals surface area contributed by atoms with Gasteiger partial charge in [0.2, 0.25) is 5.91 Å². The number of alkyl halides is 3. The number of hydrogen-bond donors (Lipinski definition) is 2. The lowest BCUT2D eigenvalue weighted by Crippen LogP contribution is -2.33. The van der Waals surface area contributed by atoms with Crippen LogP contribution >= 0.6 is 12.4 Å². The van der Waals surface area contributed by atoms with E-state index < -0.39 is 17.7 Å². The van der Waals surface area contributed by atoms with E-state index in [1.165, 1.54) is 12.1 Å². The van der Waals surface area contributed by atoms with Gasteiger partial charge in [-0.05, 0) is 17.5 Å². The molecule has 1 aromatic carbocycles. The molecule has 0 aromatic heterocycles. The molecule has 1 atom stereocenters. The van der Waals surface area contributed by atoms with E-state index in [0.29, 0.717) is 26.2 Å². The van der Waals surface area contributed by atoms with Crippen molar-refractivity contribution in [1.82, 2.24) is 10.6 Å².